The van der Waals surface area contributed by atoms with Crippen LogP contribution in [0, 0.1) is 17.2 Å². The van der Waals surface area contributed by atoms with Gasteiger partial charge in [-0.2, -0.15) is 5.26 Å². The fourth-order valence-corrected chi connectivity index (χ4v) is 2.75. The standard InChI is InChI=1S/C14H20N4/c1-2-10-18-14(13(11-15)16-17-18)9-8-12-6-4-3-5-7-12/h2,12H,1,3-10H2. The van der Waals surface area contributed by atoms with Crippen LogP contribution in [0.3, 0.4) is 0 Å². The molecule has 0 aromatic carbocycles. The van der Waals surface area contributed by atoms with Gasteiger partial charge in [0.25, 0.3) is 0 Å². The fourth-order valence-electron chi connectivity index (χ4n) is 2.75. The highest BCUT2D eigenvalue weighted by molar-refractivity contribution is 5.24. The van der Waals surface area contributed by atoms with Crippen LogP contribution in [0.1, 0.15) is 49.9 Å². The molecule has 1 aliphatic carbocycles. The molecule has 1 fully saturated rings. The van der Waals surface area contributed by atoms with Crippen LogP contribution < -0.4 is 0 Å². The number of hydrogen-bond donors (Lipinski definition) is 0. The summed E-state index contributed by atoms with van der Waals surface area (Å²) in [6, 6.07) is 2.13. The Balaban J connectivity index is 2.00. The molecule has 2 rings (SSSR count). The molecule has 1 aromatic rings. The molecule has 18 heavy (non-hydrogen) atoms. The Morgan fingerprint density at radius 2 is 2.17 bits per heavy atom. The van der Waals surface area contributed by atoms with Crippen molar-refractivity contribution in [3.8, 4) is 6.07 Å². The summed E-state index contributed by atoms with van der Waals surface area (Å²) in [7, 11) is 0. The van der Waals surface area contributed by atoms with Crippen LogP contribution in [-0.4, -0.2) is 15.0 Å². The second-order valence-corrected chi connectivity index (χ2v) is 5.01. The second-order valence-electron chi connectivity index (χ2n) is 5.01. The van der Waals surface area contributed by atoms with Gasteiger partial charge >= 0.3 is 0 Å². The van der Waals surface area contributed by atoms with E-state index in [4.69, 9.17) is 5.26 Å². The molecule has 1 saturated carbocycles. The van der Waals surface area contributed by atoms with Crippen molar-refractivity contribution in [2.75, 3.05) is 0 Å². The van der Waals surface area contributed by atoms with E-state index >= 15 is 0 Å². The molecule has 0 aliphatic heterocycles. The van der Waals surface area contributed by atoms with E-state index in [1.165, 1.54) is 32.1 Å². The van der Waals surface area contributed by atoms with E-state index in [-0.39, 0.29) is 0 Å². The summed E-state index contributed by atoms with van der Waals surface area (Å²) in [6.45, 7) is 4.34. The number of allylic oxidation sites excluding steroid dienone is 1. The molecule has 1 aliphatic rings. The summed E-state index contributed by atoms with van der Waals surface area (Å²) < 4.78 is 1.80. The Morgan fingerprint density at radius 1 is 1.39 bits per heavy atom. The van der Waals surface area contributed by atoms with E-state index in [0.29, 0.717) is 12.2 Å². The number of aromatic nitrogens is 3. The topological polar surface area (TPSA) is 54.5 Å². The Morgan fingerprint density at radius 3 is 2.83 bits per heavy atom. The van der Waals surface area contributed by atoms with Crippen molar-refractivity contribution in [1.82, 2.24) is 15.0 Å². The number of hydrogen-bond acceptors (Lipinski definition) is 3. The van der Waals surface area contributed by atoms with Crippen molar-refractivity contribution in [2.45, 2.75) is 51.5 Å². The highest BCUT2D eigenvalue weighted by Crippen LogP contribution is 2.27. The highest BCUT2D eigenvalue weighted by atomic mass is 15.4. The third-order valence-corrected chi connectivity index (χ3v) is 3.76. The summed E-state index contributed by atoms with van der Waals surface area (Å²) >= 11 is 0. The lowest BCUT2D eigenvalue weighted by molar-refractivity contribution is 0.336. The van der Waals surface area contributed by atoms with Crippen molar-refractivity contribution in [1.29, 1.82) is 5.26 Å². The molecule has 4 nitrogen and oxygen atoms in total. The first-order valence-corrected chi connectivity index (χ1v) is 6.78. The van der Waals surface area contributed by atoms with Crippen molar-refractivity contribution in [2.24, 2.45) is 5.92 Å². The summed E-state index contributed by atoms with van der Waals surface area (Å²) in [5.74, 6) is 0.817. The average Bonchev–Trinajstić information content (AvgIpc) is 2.80. The first-order valence-electron chi connectivity index (χ1n) is 6.78. The van der Waals surface area contributed by atoms with Crippen LogP contribution >= 0.6 is 0 Å². The molecule has 96 valence electrons. The van der Waals surface area contributed by atoms with Gasteiger partial charge in [-0.3, -0.25) is 0 Å². The number of rotatable bonds is 5. The fraction of sp³-hybridized carbons (Fsp3) is 0.643. The van der Waals surface area contributed by atoms with Gasteiger partial charge in [0.2, 0.25) is 0 Å². The molecule has 0 unspecified atom stereocenters. The van der Waals surface area contributed by atoms with Gasteiger partial charge in [-0.1, -0.05) is 43.4 Å². The number of nitrogens with zero attached hydrogens (tertiary/aromatic N) is 4. The first kappa shape index (κ1) is 12.8. The van der Waals surface area contributed by atoms with Gasteiger partial charge in [0.1, 0.15) is 6.07 Å². The van der Waals surface area contributed by atoms with Crippen LogP contribution in [0.5, 0.6) is 0 Å². The molecule has 1 aromatic heterocycles. The minimum atomic E-state index is 0.479. The van der Waals surface area contributed by atoms with Crippen molar-refractivity contribution >= 4 is 0 Å². The van der Waals surface area contributed by atoms with Crippen molar-refractivity contribution < 1.29 is 0 Å². The van der Waals surface area contributed by atoms with Gasteiger partial charge in [0.05, 0.1) is 12.2 Å². The Kier molecular flexibility index (Phi) is 4.52. The third-order valence-electron chi connectivity index (χ3n) is 3.76. The predicted octanol–water partition coefficient (Wildman–Crippen LogP) is 2.85. The maximum absolute atomic E-state index is 9.05. The largest absolute Gasteiger partial charge is 0.244 e. The van der Waals surface area contributed by atoms with E-state index in [0.717, 1.165) is 24.5 Å². The maximum Gasteiger partial charge on any atom is 0.185 e. The van der Waals surface area contributed by atoms with E-state index in [1.807, 2.05) is 0 Å². The molecule has 0 atom stereocenters. The second kappa shape index (κ2) is 6.34. The van der Waals surface area contributed by atoms with Crippen LogP contribution in [-0.2, 0) is 13.0 Å². The molecule has 0 spiro atoms. The van der Waals surface area contributed by atoms with Crippen molar-refractivity contribution in [3.05, 3.63) is 24.0 Å². The van der Waals surface area contributed by atoms with Crippen LogP contribution in [0.2, 0.25) is 0 Å². The summed E-state index contributed by atoms with van der Waals surface area (Å²) in [4.78, 5) is 0. The van der Waals surface area contributed by atoms with Gasteiger partial charge in [-0.25, -0.2) is 4.68 Å². The van der Waals surface area contributed by atoms with Gasteiger partial charge in [-0.15, -0.1) is 11.7 Å². The minimum Gasteiger partial charge on any atom is -0.244 e. The third kappa shape index (κ3) is 2.98. The number of nitriles is 1. The smallest absolute Gasteiger partial charge is 0.185 e. The molecule has 1 heterocycles. The van der Waals surface area contributed by atoms with Crippen molar-refractivity contribution in [3.63, 3.8) is 0 Å². The molecular weight excluding hydrogens is 224 g/mol. The zero-order chi connectivity index (χ0) is 12.8. The van der Waals surface area contributed by atoms with Gasteiger partial charge in [-0.05, 0) is 18.8 Å². The van der Waals surface area contributed by atoms with Gasteiger partial charge < -0.3 is 0 Å². The summed E-state index contributed by atoms with van der Waals surface area (Å²) in [5, 5.41) is 17.0. The lowest BCUT2D eigenvalue weighted by atomic mass is 9.85. The van der Waals surface area contributed by atoms with Crippen LogP contribution in [0.4, 0.5) is 0 Å². The predicted molar refractivity (Wildman–Crippen MR) is 69.8 cm³/mol. The molecule has 0 bridgehead atoms. The van der Waals surface area contributed by atoms with E-state index in [9.17, 15) is 0 Å². The molecule has 0 N–H and O–H groups in total. The zero-order valence-corrected chi connectivity index (χ0v) is 10.8. The quantitative estimate of drug-likeness (QED) is 0.748. The molecule has 0 radical (unpaired) electrons. The molecule has 0 saturated heterocycles. The molecule has 4 heteroatoms. The van der Waals surface area contributed by atoms with Crippen LogP contribution in [0.15, 0.2) is 12.7 Å². The Hall–Kier alpha value is -1.63. The van der Waals surface area contributed by atoms with Crippen LogP contribution in [0.25, 0.3) is 0 Å². The monoisotopic (exact) mass is 244 g/mol. The van der Waals surface area contributed by atoms with Gasteiger partial charge in [0.15, 0.2) is 5.69 Å². The summed E-state index contributed by atoms with van der Waals surface area (Å²) in [5.41, 5.74) is 1.45. The van der Waals surface area contributed by atoms with E-state index in [1.54, 1.807) is 10.8 Å². The Bertz CT molecular complexity index is 435. The lowest BCUT2D eigenvalue weighted by Gasteiger charge is -2.21. The summed E-state index contributed by atoms with van der Waals surface area (Å²) in [6.07, 6.45) is 10.6. The van der Waals surface area contributed by atoms with E-state index < -0.39 is 0 Å². The minimum absolute atomic E-state index is 0.479. The Labute approximate surface area is 108 Å². The SMILES string of the molecule is C=CCn1nnc(C#N)c1CCC1CCCCC1. The lowest BCUT2D eigenvalue weighted by Crippen LogP contribution is -2.10. The van der Waals surface area contributed by atoms with E-state index in [2.05, 4.69) is 23.0 Å². The normalized spacial score (nSPS) is 16.4. The molecular formula is C14H20N4. The highest BCUT2D eigenvalue weighted by Gasteiger charge is 2.17. The zero-order valence-electron chi connectivity index (χ0n) is 10.8. The van der Waals surface area contributed by atoms with Gasteiger partial charge in [0, 0.05) is 0 Å². The molecule has 0 amide bonds. The first-order chi connectivity index (χ1) is 8.85. The average molecular weight is 244 g/mol. The maximum atomic E-state index is 9.05.